The largest absolute Gasteiger partial charge is 0.507 e. The van der Waals surface area contributed by atoms with Gasteiger partial charge in [0.1, 0.15) is 22.9 Å². The summed E-state index contributed by atoms with van der Waals surface area (Å²) in [6, 6.07) is 11.4. The number of aromatic hydroxyl groups is 1. The molecule has 1 aliphatic heterocycles. The maximum absolute atomic E-state index is 13.3. The molecule has 0 saturated carbocycles. The number of aromatic amines is 1. The molecule has 174 valence electrons. The highest BCUT2D eigenvalue weighted by molar-refractivity contribution is 6.00. The molecule has 6 nitrogen and oxygen atoms in total. The van der Waals surface area contributed by atoms with Crippen molar-refractivity contribution in [3.8, 4) is 22.8 Å². The zero-order valence-electron chi connectivity index (χ0n) is 20.1. The van der Waals surface area contributed by atoms with Gasteiger partial charge in [0.2, 0.25) is 0 Å². The van der Waals surface area contributed by atoms with Gasteiger partial charge in [0.15, 0.2) is 0 Å². The second kappa shape index (κ2) is 9.30. The minimum Gasteiger partial charge on any atom is -0.507 e. The van der Waals surface area contributed by atoms with Crippen molar-refractivity contribution in [1.82, 2.24) is 15.1 Å². The normalized spacial score (nSPS) is 15.4. The summed E-state index contributed by atoms with van der Waals surface area (Å²) in [6.07, 6.45) is 1.82. The predicted octanol–water partition coefficient (Wildman–Crippen LogP) is 5.78. The Morgan fingerprint density at radius 3 is 2.70 bits per heavy atom. The number of hydrogen-bond acceptors (Lipinski definition) is 4. The van der Waals surface area contributed by atoms with E-state index in [4.69, 9.17) is 4.74 Å². The van der Waals surface area contributed by atoms with Crippen molar-refractivity contribution in [3.63, 3.8) is 0 Å². The van der Waals surface area contributed by atoms with Gasteiger partial charge in [-0.15, -0.1) is 0 Å². The van der Waals surface area contributed by atoms with E-state index in [1.807, 2.05) is 49.1 Å². The molecule has 0 aliphatic carbocycles. The first-order valence-corrected chi connectivity index (χ1v) is 11.7. The average Bonchev–Trinajstić information content (AvgIpc) is 3.27. The third-order valence-corrected chi connectivity index (χ3v) is 6.16. The van der Waals surface area contributed by atoms with Crippen molar-refractivity contribution in [2.45, 2.75) is 53.5 Å². The molecule has 2 aromatic carbocycles. The first kappa shape index (κ1) is 22.9. The molecule has 6 heteroatoms. The number of H-pyrrole nitrogens is 1. The monoisotopic (exact) mass is 447 g/mol. The number of rotatable bonds is 8. The van der Waals surface area contributed by atoms with E-state index in [1.54, 1.807) is 6.07 Å². The van der Waals surface area contributed by atoms with Crippen LogP contribution >= 0.6 is 0 Å². The molecule has 1 atom stereocenters. The van der Waals surface area contributed by atoms with Crippen LogP contribution in [0.1, 0.15) is 72.4 Å². The second-order valence-corrected chi connectivity index (χ2v) is 9.34. The lowest BCUT2D eigenvalue weighted by Gasteiger charge is -2.26. The molecule has 0 saturated heterocycles. The molecule has 0 fully saturated rings. The Bertz CT molecular complexity index is 1140. The molecule has 2 N–H and O–H groups in total. The molecule has 3 aromatic rings. The van der Waals surface area contributed by atoms with Crippen molar-refractivity contribution in [3.05, 3.63) is 64.3 Å². The van der Waals surface area contributed by atoms with E-state index in [2.05, 4.69) is 31.0 Å². The summed E-state index contributed by atoms with van der Waals surface area (Å²) >= 11 is 0. The molecular formula is C27H33N3O3. The van der Waals surface area contributed by atoms with Crippen LogP contribution in [0.4, 0.5) is 0 Å². The lowest BCUT2D eigenvalue weighted by molar-refractivity contribution is 0.0743. The number of phenols is 1. The quantitative estimate of drug-likeness (QED) is 0.459. The summed E-state index contributed by atoms with van der Waals surface area (Å²) in [5, 5.41) is 18.3. The molecule has 33 heavy (non-hydrogen) atoms. The number of hydrogen-bond donors (Lipinski definition) is 2. The van der Waals surface area contributed by atoms with Gasteiger partial charge >= 0.3 is 0 Å². The number of nitrogens with zero attached hydrogens (tertiary/aromatic N) is 2. The highest BCUT2D eigenvalue weighted by Crippen LogP contribution is 2.46. The van der Waals surface area contributed by atoms with Crippen LogP contribution in [0.3, 0.4) is 0 Å². The van der Waals surface area contributed by atoms with Crippen molar-refractivity contribution in [2.75, 3.05) is 13.2 Å². The summed E-state index contributed by atoms with van der Waals surface area (Å²) < 4.78 is 6.01. The van der Waals surface area contributed by atoms with Crippen LogP contribution in [0.15, 0.2) is 36.4 Å². The van der Waals surface area contributed by atoms with E-state index in [1.165, 1.54) is 0 Å². The van der Waals surface area contributed by atoms with Crippen molar-refractivity contribution in [2.24, 2.45) is 5.92 Å². The number of carbonyl (C=O) groups is 1. The Morgan fingerprint density at radius 2 is 2.00 bits per heavy atom. The van der Waals surface area contributed by atoms with Gasteiger partial charge < -0.3 is 14.7 Å². The molecule has 1 unspecified atom stereocenters. The van der Waals surface area contributed by atoms with Crippen molar-refractivity contribution >= 4 is 5.91 Å². The van der Waals surface area contributed by atoms with E-state index in [0.717, 1.165) is 40.8 Å². The first-order chi connectivity index (χ1) is 15.8. The van der Waals surface area contributed by atoms with Gasteiger partial charge in [0, 0.05) is 17.7 Å². The lowest BCUT2D eigenvalue weighted by atomic mass is 9.93. The van der Waals surface area contributed by atoms with Crippen LogP contribution in [0.25, 0.3) is 11.3 Å². The zero-order chi connectivity index (χ0) is 23.7. The predicted molar refractivity (Wildman–Crippen MR) is 130 cm³/mol. The lowest BCUT2D eigenvalue weighted by Crippen LogP contribution is -2.30. The van der Waals surface area contributed by atoms with Gasteiger partial charge in [-0.05, 0) is 67.5 Å². The molecule has 1 aliphatic rings. The van der Waals surface area contributed by atoms with E-state index in [0.29, 0.717) is 36.0 Å². The molecule has 1 aromatic heterocycles. The maximum atomic E-state index is 13.3. The number of amides is 1. The van der Waals surface area contributed by atoms with Gasteiger partial charge in [0.25, 0.3) is 5.91 Å². The maximum Gasteiger partial charge on any atom is 0.273 e. The van der Waals surface area contributed by atoms with Gasteiger partial charge in [-0.1, -0.05) is 39.0 Å². The molecule has 0 radical (unpaired) electrons. The molecule has 2 heterocycles. The molecule has 0 spiro atoms. The first-order valence-electron chi connectivity index (χ1n) is 11.7. The number of ether oxygens (including phenoxy) is 1. The van der Waals surface area contributed by atoms with Crippen molar-refractivity contribution in [1.29, 1.82) is 0 Å². The summed E-state index contributed by atoms with van der Waals surface area (Å²) in [5.41, 5.74) is 5.48. The van der Waals surface area contributed by atoms with Crippen LogP contribution in [0, 0.1) is 19.8 Å². The van der Waals surface area contributed by atoms with Crippen LogP contribution < -0.4 is 4.74 Å². The minimum atomic E-state index is -0.296. The number of fused-ring (bicyclic) bond motifs is 1. The number of aryl methyl sites for hydroxylation is 2. The summed E-state index contributed by atoms with van der Waals surface area (Å²) in [6.45, 7) is 11.6. The Morgan fingerprint density at radius 1 is 1.21 bits per heavy atom. The fourth-order valence-corrected chi connectivity index (χ4v) is 4.65. The van der Waals surface area contributed by atoms with Gasteiger partial charge in [-0.3, -0.25) is 9.89 Å². The van der Waals surface area contributed by atoms with Crippen molar-refractivity contribution < 1.29 is 14.6 Å². The Hall–Kier alpha value is -3.28. The molecular weight excluding hydrogens is 414 g/mol. The minimum absolute atomic E-state index is 0.0639. The zero-order valence-corrected chi connectivity index (χ0v) is 20.1. The third-order valence-electron chi connectivity index (χ3n) is 6.16. The van der Waals surface area contributed by atoms with E-state index in [9.17, 15) is 9.90 Å². The number of phenolic OH excluding ortho intramolecular Hbond substituents is 1. The van der Waals surface area contributed by atoms with Gasteiger partial charge in [-0.2, -0.15) is 5.10 Å². The van der Waals surface area contributed by atoms with E-state index < -0.39 is 0 Å². The topological polar surface area (TPSA) is 78.5 Å². The standard InChI is InChI=1S/C27H33N3O3/c1-6-11-30-26(19-8-7-9-20(15-19)33-12-10-16(2)3)23-24(28-29-25(23)27(30)32)22-18(5)13-17(4)14-21(22)31/h7-9,13-16,26,31H,6,10-12H2,1-5H3,(H,28,29). The van der Waals surface area contributed by atoms with Crippen LogP contribution in [0.5, 0.6) is 11.5 Å². The van der Waals surface area contributed by atoms with Gasteiger partial charge in [-0.25, -0.2) is 0 Å². The second-order valence-electron chi connectivity index (χ2n) is 9.34. The van der Waals surface area contributed by atoms with Crippen LogP contribution in [-0.2, 0) is 0 Å². The number of aromatic nitrogens is 2. The highest BCUT2D eigenvalue weighted by atomic mass is 16.5. The number of nitrogens with one attached hydrogen (secondary N) is 1. The van der Waals surface area contributed by atoms with E-state index in [-0.39, 0.29) is 17.7 Å². The van der Waals surface area contributed by atoms with Crippen LogP contribution in [0.2, 0.25) is 0 Å². The fraction of sp³-hybridized carbons (Fsp3) is 0.407. The fourth-order valence-electron chi connectivity index (χ4n) is 4.65. The Balaban J connectivity index is 1.80. The summed E-state index contributed by atoms with van der Waals surface area (Å²) in [4.78, 5) is 15.2. The highest BCUT2D eigenvalue weighted by Gasteiger charge is 2.42. The van der Waals surface area contributed by atoms with Gasteiger partial charge in [0.05, 0.1) is 12.6 Å². The summed E-state index contributed by atoms with van der Waals surface area (Å²) in [7, 11) is 0. The Labute approximate surface area is 195 Å². The van der Waals surface area contributed by atoms with E-state index >= 15 is 0 Å². The molecule has 4 rings (SSSR count). The SMILES string of the molecule is CCCN1C(=O)c2[nH]nc(-c3c(C)cc(C)cc3O)c2C1c1cccc(OCCC(C)C)c1. The smallest absolute Gasteiger partial charge is 0.273 e. The molecule has 0 bridgehead atoms. The summed E-state index contributed by atoms with van der Waals surface area (Å²) in [5.74, 6) is 1.48. The third kappa shape index (κ3) is 4.34. The average molecular weight is 448 g/mol. The number of benzene rings is 2. The Kier molecular flexibility index (Phi) is 6.45. The number of carbonyl (C=O) groups excluding carboxylic acids is 1. The molecule has 1 amide bonds. The van der Waals surface area contributed by atoms with Crippen LogP contribution in [-0.4, -0.2) is 39.3 Å².